The molecule has 0 saturated carbocycles. The van der Waals surface area contributed by atoms with Gasteiger partial charge in [-0.25, -0.2) is 0 Å². The number of ketones is 1. The van der Waals surface area contributed by atoms with E-state index >= 15 is 0 Å². The first-order chi connectivity index (χ1) is 9.40. The third-order valence-electron chi connectivity index (χ3n) is 2.43. The van der Waals surface area contributed by atoms with Gasteiger partial charge >= 0.3 is 11.9 Å². The number of benzene rings is 1. The Morgan fingerprint density at radius 3 is 2.50 bits per heavy atom. The molecule has 1 aromatic rings. The third kappa shape index (κ3) is 5.75. The maximum Gasteiger partial charge on any atom is 0.317 e. The van der Waals surface area contributed by atoms with Crippen molar-refractivity contribution in [2.75, 3.05) is 5.75 Å². The maximum atomic E-state index is 12.0. The number of hydrogen-bond donors (Lipinski definition) is 2. The zero-order chi connectivity index (χ0) is 15.1. The summed E-state index contributed by atoms with van der Waals surface area (Å²) in [5.41, 5.74) is 0.435. The molecule has 0 aromatic heterocycles. The highest BCUT2D eigenvalue weighted by Crippen LogP contribution is 2.20. The van der Waals surface area contributed by atoms with Crippen molar-refractivity contribution in [2.45, 2.75) is 18.1 Å². The monoisotopic (exact) mass is 360 g/mol. The fourth-order valence-corrected chi connectivity index (χ4v) is 2.84. The van der Waals surface area contributed by atoms with Gasteiger partial charge in [-0.15, -0.1) is 11.8 Å². The highest BCUT2D eigenvalue weighted by Gasteiger charge is 2.22. The number of halogens is 1. The Kier molecular flexibility index (Phi) is 6.74. The molecule has 1 unspecified atom stereocenters. The van der Waals surface area contributed by atoms with Crippen molar-refractivity contribution in [3.8, 4) is 0 Å². The van der Waals surface area contributed by atoms with Crippen molar-refractivity contribution in [3.05, 3.63) is 34.3 Å². The Morgan fingerprint density at radius 1 is 1.25 bits per heavy atom. The van der Waals surface area contributed by atoms with Gasteiger partial charge < -0.3 is 10.2 Å². The predicted molar refractivity (Wildman–Crippen MR) is 79.2 cm³/mol. The molecule has 0 aliphatic heterocycles. The lowest BCUT2D eigenvalue weighted by Gasteiger charge is -2.10. The van der Waals surface area contributed by atoms with E-state index in [1.807, 2.05) is 0 Å². The summed E-state index contributed by atoms with van der Waals surface area (Å²) in [6.07, 6.45) is -0.282. The first-order valence-corrected chi connectivity index (χ1v) is 7.59. The zero-order valence-electron chi connectivity index (χ0n) is 10.4. The number of carboxylic acids is 2. The van der Waals surface area contributed by atoms with Crippen LogP contribution < -0.4 is 0 Å². The van der Waals surface area contributed by atoms with E-state index in [1.54, 1.807) is 24.3 Å². The molecule has 1 rings (SSSR count). The van der Waals surface area contributed by atoms with E-state index < -0.39 is 17.2 Å². The number of aliphatic carboxylic acids is 2. The molecule has 7 heteroatoms. The van der Waals surface area contributed by atoms with Gasteiger partial charge in [0.2, 0.25) is 0 Å². The summed E-state index contributed by atoms with van der Waals surface area (Å²) >= 11 is 4.22. The second-order valence-electron chi connectivity index (χ2n) is 3.98. The average molecular weight is 361 g/mol. The molecule has 0 bridgehead atoms. The molecule has 0 heterocycles. The van der Waals surface area contributed by atoms with Crippen LogP contribution in [-0.2, 0) is 9.59 Å². The second-order valence-corrected chi connectivity index (χ2v) is 6.21. The molecule has 0 radical (unpaired) electrons. The smallest absolute Gasteiger partial charge is 0.317 e. The van der Waals surface area contributed by atoms with E-state index in [0.29, 0.717) is 5.56 Å². The number of thioether (sulfide) groups is 1. The highest BCUT2D eigenvalue weighted by atomic mass is 79.9. The number of rotatable bonds is 8. The molecule has 1 atom stereocenters. The lowest BCUT2D eigenvalue weighted by molar-refractivity contribution is -0.137. The van der Waals surface area contributed by atoms with E-state index in [-0.39, 0.29) is 24.4 Å². The molecule has 0 spiro atoms. The van der Waals surface area contributed by atoms with Crippen molar-refractivity contribution in [1.29, 1.82) is 0 Å². The zero-order valence-corrected chi connectivity index (χ0v) is 12.8. The van der Waals surface area contributed by atoms with Gasteiger partial charge in [0.15, 0.2) is 5.78 Å². The molecule has 0 fully saturated rings. The van der Waals surface area contributed by atoms with Gasteiger partial charge in [0.05, 0.1) is 6.42 Å². The minimum atomic E-state index is -1.11. The van der Waals surface area contributed by atoms with E-state index in [1.165, 1.54) is 0 Å². The maximum absolute atomic E-state index is 12.0. The van der Waals surface area contributed by atoms with Crippen LogP contribution in [0.3, 0.4) is 0 Å². The molecule has 20 heavy (non-hydrogen) atoms. The number of hydrogen-bond acceptors (Lipinski definition) is 4. The Balaban J connectivity index is 2.63. The van der Waals surface area contributed by atoms with Crippen LogP contribution in [0.5, 0.6) is 0 Å². The highest BCUT2D eigenvalue weighted by molar-refractivity contribution is 9.10. The topological polar surface area (TPSA) is 91.7 Å². The molecule has 0 aliphatic rings. The van der Waals surface area contributed by atoms with Gasteiger partial charge in [-0.3, -0.25) is 14.4 Å². The molecule has 108 valence electrons. The first-order valence-electron chi connectivity index (χ1n) is 5.75. The van der Waals surface area contributed by atoms with Crippen LogP contribution in [0.4, 0.5) is 0 Å². The van der Waals surface area contributed by atoms with E-state index in [0.717, 1.165) is 16.2 Å². The second kappa shape index (κ2) is 8.06. The van der Waals surface area contributed by atoms with Crippen molar-refractivity contribution in [1.82, 2.24) is 0 Å². The Hall–Kier alpha value is -1.34. The number of Topliss-reactive ketones (excluding diaryl/α,β-unsaturated/α-hetero) is 1. The van der Waals surface area contributed by atoms with E-state index in [4.69, 9.17) is 10.2 Å². The van der Waals surface area contributed by atoms with E-state index in [9.17, 15) is 14.4 Å². The largest absolute Gasteiger partial charge is 0.481 e. The molecule has 0 aliphatic carbocycles. The standard InChI is InChI=1S/C13H13BrO5S/c14-9-3-1-2-8(6-9)10(15)7-11(13(18)19)20-5-4-12(16)17/h1-3,6,11H,4-5,7H2,(H,16,17)(H,18,19). The van der Waals surface area contributed by atoms with Crippen LogP contribution in [0.1, 0.15) is 23.2 Å². The molecule has 5 nitrogen and oxygen atoms in total. The number of carboxylic acid groups (broad SMARTS) is 2. The third-order valence-corrected chi connectivity index (χ3v) is 4.13. The molecular weight excluding hydrogens is 348 g/mol. The van der Waals surface area contributed by atoms with Crippen LogP contribution in [0.15, 0.2) is 28.7 Å². The SMILES string of the molecule is O=C(O)CCSC(CC(=O)c1cccc(Br)c1)C(=O)O. The quantitative estimate of drug-likeness (QED) is 0.692. The van der Waals surface area contributed by atoms with Crippen LogP contribution in [0.25, 0.3) is 0 Å². The summed E-state index contributed by atoms with van der Waals surface area (Å²) in [7, 11) is 0. The normalized spacial score (nSPS) is 11.8. The Bertz CT molecular complexity index is 517. The fraction of sp³-hybridized carbons (Fsp3) is 0.308. The predicted octanol–water partition coefficient (Wildman–Crippen LogP) is 2.68. The molecular formula is C13H13BrO5S. The van der Waals surface area contributed by atoms with Gasteiger partial charge in [-0.1, -0.05) is 28.1 Å². The van der Waals surface area contributed by atoms with Crippen LogP contribution >= 0.6 is 27.7 Å². The van der Waals surface area contributed by atoms with Gasteiger partial charge in [-0.05, 0) is 12.1 Å². The van der Waals surface area contributed by atoms with Crippen LogP contribution in [-0.4, -0.2) is 38.9 Å². The van der Waals surface area contributed by atoms with Crippen LogP contribution in [0, 0.1) is 0 Å². The molecule has 2 N–H and O–H groups in total. The summed E-state index contributed by atoms with van der Waals surface area (Å²) < 4.78 is 0.744. The summed E-state index contributed by atoms with van der Waals surface area (Å²) in [5, 5.41) is 16.7. The van der Waals surface area contributed by atoms with Crippen molar-refractivity contribution < 1.29 is 24.6 Å². The van der Waals surface area contributed by atoms with Crippen LogP contribution in [0.2, 0.25) is 0 Å². The van der Waals surface area contributed by atoms with Gasteiger partial charge in [0, 0.05) is 22.2 Å². The Labute approximate surface area is 128 Å². The summed E-state index contributed by atoms with van der Waals surface area (Å²) in [6.45, 7) is 0. The summed E-state index contributed by atoms with van der Waals surface area (Å²) in [6, 6.07) is 6.72. The number of carbonyl (C=O) groups excluding carboxylic acids is 1. The summed E-state index contributed by atoms with van der Waals surface area (Å²) in [5.74, 6) is -2.21. The van der Waals surface area contributed by atoms with Gasteiger partial charge in [-0.2, -0.15) is 0 Å². The minimum absolute atomic E-state index is 0.125. The van der Waals surface area contributed by atoms with Crippen molar-refractivity contribution in [3.63, 3.8) is 0 Å². The average Bonchev–Trinajstić information content (AvgIpc) is 2.36. The molecule has 0 saturated heterocycles. The molecule has 0 amide bonds. The van der Waals surface area contributed by atoms with E-state index in [2.05, 4.69) is 15.9 Å². The lowest BCUT2D eigenvalue weighted by atomic mass is 10.1. The Morgan fingerprint density at radius 2 is 1.95 bits per heavy atom. The van der Waals surface area contributed by atoms with Gasteiger partial charge in [0.1, 0.15) is 5.25 Å². The van der Waals surface area contributed by atoms with Crippen molar-refractivity contribution >= 4 is 45.4 Å². The molecule has 1 aromatic carbocycles. The minimum Gasteiger partial charge on any atom is -0.481 e. The van der Waals surface area contributed by atoms with Crippen molar-refractivity contribution in [2.24, 2.45) is 0 Å². The van der Waals surface area contributed by atoms with Gasteiger partial charge in [0.25, 0.3) is 0 Å². The summed E-state index contributed by atoms with van der Waals surface area (Å²) in [4.78, 5) is 33.5. The first kappa shape index (κ1) is 16.7. The number of carbonyl (C=O) groups is 3. The fourth-order valence-electron chi connectivity index (χ4n) is 1.45. The lowest BCUT2D eigenvalue weighted by Crippen LogP contribution is -2.21.